The number of nitrogens with zero attached hydrogens (tertiary/aromatic N) is 2. The van der Waals surface area contributed by atoms with E-state index in [1.807, 2.05) is 71.4 Å². The Morgan fingerprint density at radius 3 is 2.18 bits per heavy atom. The summed E-state index contributed by atoms with van der Waals surface area (Å²) in [6.45, 7) is 7.88. The van der Waals surface area contributed by atoms with Crippen LogP contribution in [0.25, 0.3) is 33.0 Å². The number of aromatic amines is 1. The number of H-pyrrole nitrogens is 1. The number of para-hydroxylation sites is 2. The van der Waals surface area contributed by atoms with Crippen LogP contribution in [0.2, 0.25) is 35.7 Å². The fourth-order valence-electron chi connectivity index (χ4n) is 5.50. The van der Waals surface area contributed by atoms with Crippen molar-refractivity contribution < 1.29 is 19.1 Å². The molecule has 3 heterocycles. The van der Waals surface area contributed by atoms with Gasteiger partial charge >= 0.3 is 0 Å². The van der Waals surface area contributed by atoms with Gasteiger partial charge in [-0.05, 0) is 23.7 Å². The van der Waals surface area contributed by atoms with Crippen molar-refractivity contribution in [3.63, 3.8) is 0 Å². The van der Waals surface area contributed by atoms with Crippen molar-refractivity contribution in [2.24, 2.45) is 0 Å². The average molecular weight is 647 g/mol. The molecule has 2 amide bonds. The molecule has 2 aromatic heterocycles. The molecule has 1 aliphatic heterocycles. The van der Waals surface area contributed by atoms with E-state index in [1.165, 1.54) is 0 Å². The number of imide groups is 1. The Hall–Kier alpha value is -3.66. The third-order valence-electron chi connectivity index (χ3n) is 7.78. The van der Waals surface area contributed by atoms with Gasteiger partial charge in [-0.3, -0.25) is 9.59 Å². The SMILES string of the molecule is C[Si](C)(C)CCOCn1cc(C2=C(c3c[nH]c4c(Cl)cccc34)C(=O)N(COCc3ccccc3)C2=O)c2cccc(Cl)c21. The third kappa shape index (κ3) is 5.88. The van der Waals surface area contributed by atoms with E-state index in [4.69, 9.17) is 32.7 Å². The second-order valence-corrected chi connectivity index (χ2v) is 18.5. The van der Waals surface area contributed by atoms with Gasteiger partial charge in [-0.1, -0.05) is 97.4 Å². The van der Waals surface area contributed by atoms with Gasteiger partial charge in [0, 0.05) is 49.0 Å². The van der Waals surface area contributed by atoms with Gasteiger partial charge in [-0.2, -0.15) is 0 Å². The molecule has 0 bridgehead atoms. The quantitative estimate of drug-likeness (QED) is 0.0892. The van der Waals surface area contributed by atoms with E-state index in [-0.39, 0.29) is 31.2 Å². The number of benzene rings is 3. The van der Waals surface area contributed by atoms with Crippen LogP contribution in [0.5, 0.6) is 0 Å². The topological polar surface area (TPSA) is 76.6 Å². The molecular weight excluding hydrogens is 613 g/mol. The van der Waals surface area contributed by atoms with Gasteiger partial charge in [-0.15, -0.1) is 0 Å². The molecule has 0 aliphatic carbocycles. The number of carbonyl (C=O) groups is 2. The fraction of sp³-hybridized carbons (Fsp3) is 0.235. The molecule has 0 unspecified atom stereocenters. The van der Waals surface area contributed by atoms with Gasteiger partial charge in [-0.25, -0.2) is 4.90 Å². The maximum absolute atomic E-state index is 14.2. The summed E-state index contributed by atoms with van der Waals surface area (Å²) >= 11 is 13.2. The first-order chi connectivity index (χ1) is 21.1. The predicted molar refractivity (Wildman–Crippen MR) is 179 cm³/mol. The monoisotopic (exact) mass is 645 g/mol. The average Bonchev–Trinajstić information content (AvgIpc) is 3.65. The van der Waals surface area contributed by atoms with Gasteiger partial charge < -0.3 is 19.0 Å². The van der Waals surface area contributed by atoms with Crippen LogP contribution in [-0.4, -0.2) is 47.7 Å². The van der Waals surface area contributed by atoms with Crippen molar-refractivity contribution in [1.82, 2.24) is 14.5 Å². The van der Waals surface area contributed by atoms with Gasteiger partial charge in [0.2, 0.25) is 0 Å². The highest BCUT2D eigenvalue weighted by Crippen LogP contribution is 2.43. The molecule has 0 fully saturated rings. The number of halogens is 2. The number of amides is 2. The van der Waals surface area contributed by atoms with Crippen LogP contribution in [0, 0.1) is 0 Å². The van der Waals surface area contributed by atoms with Crippen molar-refractivity contribution in [2.75, 3.05) is 13.3 Å². The van der Waals surface area contributed by atoms with E-state index in [2.05, 4.69) is 24.6 Å². The highest BCUT2D eigenvalue weighted by atomic mass is 35.5. The van der Waals surface area contributed by atoms with Crippen LogP contribution in [0.4, 0.5) is 0 Å². The minimum atomic E-state index is -1.28. The van der Waals surface area contributed by atoms with Gasteiger partial charge in [0.25, 0.3) is 11.8 Å². The number of carbonyl (C=O) groups excluding carboxylic acids is 2. The lowest BCUT2D eigenvalue weighted by molar-refractivity contribution is -0.142. The zero-order valence-corrected chi connectivity index (χ0v) is 27.3. The molecule has 7 nitrogen and oxygen atoms in total. The lowest BCUT2D eigenvalue weighted by Crippen LogP contribution is -2.33. The molecule has 44 heavy (non-hydrogen) atoms. The first-order valence-corrected chi connectivity index (χ1v) is 18.9. The lowest BCUT2D eigenvalue weighted by Gasteiger charge is -2.16. The Morgan fingerprint density at radius 1 is 0.773 bits per heavy atom. The van der Waals surface area contributed by atoms with E-state index >= 15 is 0 Å². The van der Waals surface area contributed by atoms with Crippen molar-refractivity contribution in [3.05, 3.63) is 106 Å². The minimum absolute atomic E-state index is 0.193. The first-order valence-electron chi connectivity index (χ1n) is 14.5. The summed E-state index contributed by atoms with van der Waals surface area (Å²) in [6.07, 6.45) is 3.60. The van der Waals surface area contributed by atoms with Gasteiger partial charge in [0.05, 0.1) is 38.8 Å². The van der Waals surface area contributed by atoms with E-state index in [0.717, 1.165) is 32.8 Å². The van der Waals surface area contributed by atoms with Crippen molar-refractivity contribution in [2.45, 2.75) is 39.0 Å². The molecule has 0 atom stereocenters. The number of aromatic nitrogens is 2. The predicted octanol–water partition coefficient (Wildman–Crippen LogP) is 8.20. The first kappa shape index (κ1) is 30.4. The summed E-state index contributed by atoms with van der Waals surface area (Å²) in [7, 11) is -1.28. The number of hydrogen-bond acceptors (Lipinski definition) is 4. The van der Waals surface area contributed by atoms with E-state index in [0.29, 0.717) is 33.3 Å². The normalized spacial score (nSPS) is 14.2. The van der Waals surface area contributed by atoms with Crippen molar-refractivity contribution in [1.29, 1.82) is 0 Å². The fourth-order valence-corrected chi connectivity index (χ4v) is 6.77. The Kier molecular flexibility index (Phi) is 8.54. The highest BCUT2D eigenvalue weighted by molar-refractivity contribution is 6.76. The van der Waals surface area contributed by atoms with E-state index in [1.54, 1.807) is 12.3 Å². The number of ether oxygens (including phenoxy) is 2. The second kappa shape index (κ2) is 12.4. The summed E-state index contributed by atoms with van der Waals surface area (Å²) < 4.78 is 13.9. The van der Waals surface area contributed by atoms with E-state index in [9.17, 15) is 9.59 Å². The zero-order valence-electron chi connectivity index (χ0n) is 24.8. The third-order valence-corrected chi connectivity index (χ3v) is 10.1. The molecule has 226 valence electrons. The molecule has 0 saturated heterocycles. The van der Waals surface area contributed by atoms with Crippen molar-refractivity contribution in [3.8, 4) is 0 Å². The van der Waals surface area contributed by atoms with Crippen LogP contribution < -0.4 is 0 Å². The Balaban J connectivity index is 1.44. The Bertz CT molecular complexity index is 1910. The Morgan fingerprint density at radius 2 is 1.45 bits per heavy atom. The summed E-state index contributed by atoms with van der Waals surface area (Å²) in [5.74, 6) is -0.874. The summed E-state index contributed by atoms with van der Waals surface area (Å²) in [5, 5.41) is 2.55. The standard InChI is InChI=1S/C34H33Cl2N3O4Si/c1-44(2,3)16-15-42-20-38-18-26(24-12-8-14-28(36)32(24)38)30-29(25-17-37-31-23(25)11-7-13-27(31)35)33(40)39(34(30)41)21-43-19-22-9-5-4-6-10-22/h4-14,17-18,37H,15-16,19-21H2,1-3H3. The molecule has 3 aromatic carbocycles. The molecule has 5 aromatic rings. The van der Waals surface area contributed by atoms with E-state index < -0.39 is 19.9 Å². The number of hydrogen-bond donors (Lipinski definition) is 1. The second-order valence-electron chi connectivity index (χ2n) is 12.1. The number of rotatable bonds is 11. The van der Waals surface area contributed by atoms with Crippen LogP contribution in [0.3, 0.4) is 0 Å². The van der Waals surface area contributed by atoms with Gasteiger partial charge in [0.1, 0.15) is 13.5 Å². The number of nitrogens with one attached hydrogen (secondary N) is 1. The molecule has 1 aliphatic rings. The number of fused-ring (bicyclic) bond motifs is 2. The lowest BCUT2D eigenvalue weighted by atomic mass is 9.95. The molecule has 6 rings (SSSR count). The van der Waals surface area contributed by atoms with Crippen molar-refractivity contribution >= 4 is 76.0 Å². The maximum atomic E-state index is 14.2. The highest BCUT2D eigenvalue weighted by Gasteiger charge is 2.41. The maximum Gasteiger partial charge on any atom is 0.264 e. The largest absolute Gasteiger partial charge is 0.361 e. The molecule has 1 N–H and O–H groups in total. The molecule has 0 saturated carbocycles. The minimum Gasteiger partial charge on any atom is -0.361 e. The van der Waals surface area contributed by atoms with Crippen LogP contribution >= 0.6 is 23.2 Å². The summed E-state index contributed by atoms with van der Waals surface area (Å²) in [4.78, 5) is 32.7. The zero-order chi connectivity index (χ0) is 31.0. The molecule has 10 heteroatoms. The summed E-state index contributed by atoms with van der Waals surface area (Å²) in [5.41, 5.74) is 4.14. The molecule has 0 radical (unpaired) electrons. The smallest absolute Gasteiger partial charge is 0.264 e. The molecule has 0 spiro atoms. The van der Waals surface area contributed by atoms with Crippen LogP contribution in [0.1, 0.15) is 16.7 Å². The van der Waals surface area contributed by atoms with Gasteiger partial charge in [0.15, 0.2) is 0 Å². The van der Waals surface area contributed by atoms with Crippen LogP contribution in [0.15, 0.2) is 79.1 Å². The summed E-state index contributed by atoms with van der Waals surface area (Å²) in [6, 6.07) is 21.7. The van der Waals surface area contributed by atoms with Crippen LogP contribution in [-0.2, 0) is 32.4 Å². The molecular formula is C34H33Cl2N3O4Si. The Labute approximate surface area is 267 Å².